The molecule has 2 aliphatic carbocycles. The van der Waals surface area contributed by atoms with Gasteiger partial charge in [0.2, 0.25) is 5.91 Å². The summed E-state index contributed by atoms with van der Waals surface area (Å²) in [5.74, 6) is -0.410. The lowest BCUT2D eigenvalue weighted by atomic mass is 10.2. The fraction of sp³-hybridized carbons (Fsp3) is 0.643. The van der Waals surface area contributed by atoms with Crippen molar-refractivity contribution in [2.24, 2.45) is 5.92 Å². The molecule has 0 aliphatic heterocycles. The number of carbonyl (C=O) groups excluding carboxylic acids is 1. The molecule has 0 spiro atoms. The lowest BCUT2D eigenvalue weighted by Gasteiger charge is -2.24. The maximum Gasteiger partial charge on any atom is 0.406 e. The highest BCUT2D eigenvalue weighted by molar-refractivity contribution is 7.12. The number of hydrogen-bond donors (Lipinski definition) is 0. The molecule has 2 saturated carbocycles. The van der Waals surface area contributed by atoms with Crippen LogP contribution in [0.5, 0.6) is 0 Å². The second-order valence-corrected chi connectivity index (χ2v) is 7.03. The van der Waals surface area contributed by atoms with E-state index in [4.69, 9.17) is 0 Å². The van der Waals surface area contributed by atoms with Gasteiger partial charge < -0.3 is 4.90 Å². The van der Waals surface area contributed by atoms with Crippen LogP contribution in [0, 0.1) is 12.8 Å². The van der Waals surface area contributed by atoms with Crippen molar-refractivity contribution >= 4 is 17.2 Å². The first-order valence-corrected chi connectivity index (χ1v) is 7.60. The zero-order valence-corrected chi connectivity index (χ0v) is 11.9. The minimum absolute atomic E-state index is 0.135. The number of aryl methyl sites for hydroxylation is 1. The molecule has 2 nitrogen and oxygen atoms in total. The van der Waals surface area contributed by atoms with Crippen LogP contribution in [-0.4, -0.2) is 29.6 Å². The van der Waals surface area contributed by atoms with Crippen LogP contribution in [-0.2, 0) is 4.79 Å². The molecule has 6 heteroatoms. The third-order valence-corrected chi connectivity index (χ3v) is 4.99. The summed E-state index contributed by atoms with van der Waals surface area (Å²) < 4.78 is 37.7. The van der Waals surface area contributed by atoms with E-state index in [1.54, 1.807) is 11.3 Å². The number of hydrogen-bond acceptors (Lipinski definition) is 2. The molecule has 0 radical (unpaired) electrons. The van der Waals surface area contributed by atoms with Gasteiger partial charge in [-0.15, -0.1) is 11.3 Å². The predicted molar refractivity (Wildman–Crippen MR) is 70.7 cm³/mol. The Kier molecular flexibility index (Phi) is 3.31. The highest BCUT2D eigenvalue weighted by Crippen LogP contribution is 2.51. The van der Waals surface area contributed by atoms with Crippen LogP contribution in [0.15, 0.2) is 12.1 Å². The third kappa shape index (κ3) is 3.00. The van der Waals surface area contributed by atoms with E-state index in [0.717, 1.165) is 9.78 Å². The Morgan fingerprint density at radius 1 is 1.40 bits per heavy atom. The van der Waals surface area contributed by atoms with Gasteiger partial charge in [0.15, 0.2) is 0 Å². The number of alkyl halides is 3. The van der Waals surface area contributed by atoms with Gasteiger partial charge in [0.1, 0.15) is 6.54 Å². The van der Waals surface area contributed by atoms with Crippen LogP contribution in [0.3, 0.4) is 0 Å². The molecule has 1 amide bonds. The van der Waals surface area contributed by atoms with E-state index >= 15 is 0 Å². The lowest BCUT2D eigenvalue weighted by Crippen LogP contribution is -2.41. The topological polar surface area (TPSA) is 20.3 Å². The Hall–Kier alpha value is -1.04. The standard InChI is InChI=1S/C14H16F3NOS/c1-8-2-5-12(20-8)10-6-11(10)13(19)18(9-3-4-9)7-14(15,16)17/h2,5,9-11H,3-4,6-7H2,1H3/t10-,11+/m0/s1. The van der Waals surface area contributed by atoms with E-state index in [2.05, 4.69) is 0 Å². The second-order valence-electron chi connectivity index (χ2n) is 5.71. The molecule has 2 fully saturated rings. The molecule has 110 valence electrons. The zero-order valence-electron chi connectivity index (χ0n) is 11.1. The van der Waals surface area contributed by atoms with Crippen molar-refractivity contribution in [3.05, 3.63) is 21.9 Å². The van der Waals surface area contributed by atoms with Gasteiger partial charge in [-0.25, -0.2) is 0 Å². The highest BCUT2D eigenvalue weighted by atomic mass is 32.1. The Labute approximate surface area is 119 Å². The van der Waals surface area contributed by atoms with Crippen molar-refractivity contribution in [2.75, 3.05) is 6.54 Å². The van der Waals surface area contributed by atoms with Crippen LogP contribution in [0.25, 0.3) is 0 Å². The van der Waals surface area contributed by atoms with E-state index in [1.165, 1.54) is 4.88 Å². The normalized spacial score (nSPS) is 25.6. The molecule has 1 heterocycles. The van der Waals surface area contributed by atoms with E-state index in [9.17, 15) is 18.0 Å². The largest absolute Gasteiger partial charge is 0.406 e. The summed E-state index contributed by atoms with van der Waals surface area (Å²) in [6.07, 6.45) is -2.20. The summed E-state index contributed by atoms with van der Waals surface area (Å²) in [6, 6.07) is 3.80. The van der Waals surface area contributed by atoms with Gasteiger partial charge in [-0.3, -0.25) is 4.79 Å². The Balaban J connectivity index is 1.66. The molecule has 0 aromatic carbocycles. The maximum atomic E-state index is 12.6. The average Bonchev–Trinajstić information content (AvgIpc) is 3.24. The molecule has 2 atom stereocenters. The van der Waals surface area contributed by atoms with Crippen LogP contribution in [0.4, 0.5) is 13.2 Å². The molecule has 0 saturated heterocycles. The van der Waals surface area contributed by atoms with Crippen molar-refractivity contribution in [1.82, 2.24) is 4.90 Å². The third-order valence-electron chi connectivity index (χ3n) is 3.85. The fourth-order valence-corrected chi connectivity index (χ4v) is 3.67. The van der Waals surface area contributed by atoms with Gasteiger partial charge in [0, 0.05) is 27.6 Å². The Morgan fingerprint density at radius 2 is 2.10 bits per heavy atom. The second kappa shape index (κ2) is 4.76. The van der Waals surface area contributed by atoms with Gasteiger partial charge >= 0.3 is 6.18 Å². The van der Waals surface area contributed by atoms with Gasteiger partial charge in [0.05, 0.1) is 0 Å². The lowest BCUT2D eigenvalue weighted by molar-refractivity contribution is -0.163. The number of nitrogens with zero attached hydrogens (tertiary/aromatic N) is 1. The monoisotopic (exact) mass is 303 g/mol. The molecular weight excluding hydrogens is 287 g/mol. The number of amides is 1. The quantitative estimate of drug-likeness (QED) is 0.830. The van der Waals surface area contributed by atoms with Crippen molar-refractivity contribution in [1.29, 1.82) is 0 Å². The van der Waals surface area contributed by atoms with Crippen LogP contribution < -0.4 is 0 Å². The Morgan fingerprint density at radius 3 is 2.60 bits per heavy atom. The molecule has 1 aromatic heterocycles. The molecular formula is C14H16F3NOS. The predicted octanol–water partition coefficient (Wildman–Crippen LogP) is 3.71. The van der Waals surface area contributed by atoms with E-state index in [1.807, 2.05) is 19.1 Å². The summed E-state index contributed by atoms with van der Waals surface area (Å²) in [4.78, 5) is 15.6. The van der Waals surface area contributed by atoms with Crippen molar-refractivity contribution in [3.63, 3.8) is 0 Å². The maximum absolute atomic E-state index is 12.6. The summed E-state index contributed by atoms with van der Waals surface area (Å²) in [5, 5.41) is 0. The Bertz CT molecular complexity index is 521. The smallest absolute Gasteiger partial charge is 0.330 e. The van der Waals surface area contributed by atoms with Gasteiger partial charge in [0.25, 0.3) is 0 Å². The summed E-state index contributed by atoms with van der Waals surface area (Å²) in [7, 11) is 0. The number of thiophene rings is 1. The van der Waals surface area contributed by atoms with Crippen LogP contribution in [0.2, 0.25) is 0 Å². The zero-order chi connectivity index (χ0) is 14.5. The number of rotatable bonds is 4. The minimum atomic E-state index is -4.30. The summed E-state index contributed by atoms with van der Waals surface area (Å²) >= 11 is 1.64. The molecule has 1 aromatic rings. The van der Waals surface area contributed by atoms with Gasteiger partial charge in [-0.2, -0.15) is 13.2 Å². The summed E-state index contributed by atoms with van der Waals surface area (Å²) in [6.45, 7) is 0.900. The first-order chi connectivity index (χ1) is 9.35. The van der Waals surface area contributed by atoms with Crippen molar-refractivity contribution in [2.45, 2.75) is 44.3 Å². The first kappa shape index (κ1) is 13.9. The summed E-state index contributed by atoms with van der Waals surface area (Å²) in [5.41, 5.74) is 0. The fourth-order valence-electron chi connectivity index (χ4n) is 2.61. The van der Waals surface area contributed by atoms with Crippen LogP contribution in [0.1, 0.15) is 34.9 Å². The minimum Gasteiger partial charge on any atom is -0.330 e. The number of carbonyl (C=O) groups is 1. The SMILES string of the molecule is Cc1ccc([C@H]2C[C@H]2C(=O)N(CC(F)(F)F)C2CC2)s1. The van der Waals surface area contributed by atoms with Crippen molar-refractivity contribution in [3.8, 4) is 0 Å². The highest BCUT2D eigenvalue weighted by Gasteiger charge is 2.50. The molecule has 3 rings (SSSR count). The molecule has 2 aliphatic rings. The van der Waals surface area contributed by atoms with Crippen LogP contribution >= 0.6 is 11.3 Å². The average molecular weight is 303 g/mol. The van der Waals surface area contributed by atoms with E-state index in [0.29, 0.717) is 19.3 Å². The van der Waals surface area contributed by atoms with Gasteiger partial charge in [-0.1, -0.05) is 0 Å². The molecule has 20 heavy (non-hydrogen) atoms. The molecule has 0 unspecified atom stereocenters. The molecule has 0 N–H and O–H groups in total. The van der Waals surface area contributed by atoms with Crippen molar-refractivity contribution < 1.29 is 18.0 Å². The first-order valence-electron chi connectivity index (χ1n) is 6.79. The van der Waals surface area contributed by atoms with Gasteiger partial charge in [-0.05, 0) is 38.3 Å². The van der Waals surface area contributed by atoms with E-state index in [-0.39, 0.29) is 23.8 Å². The van der Waals surface area contributed by atoms with E-state index < -0.39 is 12.7 Å². The number of halogens is 3. The molecule has 0 bridgehead atoms.